The van der Waals surface area contributed by atoms with Gasteiger partial charge in [0.25, 0.3) is 0 Å². The molecular weight excluding hydrogens is 244 g/mol. The minimum absolute atomic E-state index is 0.167. The molecule has 0 saturated carbocycles. The van der Waals surface area contributed by atoms with E-state index in [1.807, 2.05) is 0 Å². The van der Waals surface area contributed by atoms with Gasteiger partial charge in [0.2, 0.25) is 0 Å². The van der Waals surface area contributed by atoms with Crippen molar-refractivity contribution in [3.8, 4) is 0 Å². The normalized spacial score (nSPS) is 9.67. The number of esters is 1. The van der Waals surface area contributed by atoms with E-state index in [0.717, 1.165) is 4.90 Å². The number of amides is 2. The lowest BCUT2D eigenvalue weighted by Crippen LogP contribution is -2.46. The Morgan fingerprint density at radius 2 is 2.00 bits per heavy atom. The van der Waals surface area contributed by atoms with Crippen LogP contribution in [0.1, 0.15) is 6.92 Å². The summed E-state index contributed by atoms with van der Waals surface area (Å²) in [5.74, 6) is -1.72. The van der Waals surface area contributed by atoms with Crippen molar-refractivity contribution in [2.75, 3.05) is 40.0 Å². The van der Waals surface area contributed by atoms with Gasteiger partial charge in [-0.2, -0.15) is 0 Å². The van der Waals surface area contributed by atoms with Crippen LogP contribution in [0.2, 0.25) is 0 Å². The van der Waals surface area contributed by atoms with Crippen molar-refractivity contribution in [2.24, 2.45) is 0 Å². The lowest BCUT2D eigenvalue weighted by molar-refractivity contribution is -0.143. The fraction of sp³-hybridized carbons (Fsp3) is 0.700. The maximum absolute atomic E-state index is 11.6. The van der Waals surface area contributed by atoms with Crippen molar-refractivity contribution in [3.05, 3.63) is 0 Å². The molecule has 0 aromatic rings. The summed E-state index contributed by atoms with van der Waals surface area (Å²) >= 11 is 0. The van der Waals surface area contributed by atoms with Crippen LogP contribution < -0.4 is 5.32 Å². The average molecular weight is 262 g/mol. The van der Waals surface area contributed by atoms with Crippen molar-refractivity contribution >= 4 is 18.0 Å². The predicted molar refractivity (Wildman–Crippen MR) is 61.1 cm³/mol. The number of carbonyl (C=O) groups is 3. The Hall–Kier alpha value is -1.83. The zero-order chi connectivity index (χ0) is 14.0. The largest absolute Gasteiger partial charge is 0.480 e. The number of aliphatic carboxylic acids is 1. The molecule has 8 nitrogen and oxygen atoms in total. The van der Waals surface area contributed by atoms with Crippen LogP contribution in [0.15, 0.2) is 0 Å². The summed E-state index contributed by atoms with van der Waals surface area (Å²) in [5.41, 5.74) is 0. The standard InChI is InChI=1S/C10H18N2O6/c1-3-18-9(15)7-12(4-5-17-2)10(16)11-6-8(13)14/h3-7H2,1-2H3,(H,11,16)(H,13,14). The first-order valence-electron chi connectivity index (χ1n) is 5.40. The summed E-state index contributed by atoms with van der Waals surface area (Å²) in [6.45, 7) is 1.52. The summed E-state index contributed by atoms with van der Waals surface area (Å²) in [4.78, 5) is 34.3. The number of rotatable bonds is 8. The average Bonchev–Trinajstić information content (AvgIpc) is 2.31. The molecule has 0 unspecified atom stereocenters. The Kier molecular flexibility index (Phi) is 8.29. The van der Waals surface area contributed by atoms with E-state index in [1.165, 1.54) is 7.11 Å². The van der Waals surface area contributed by atoms with E-state index in [4.69, 9.17) is 14.6 Å². The topological polar surface area (TPSA) is 105 Å². The van der Waals surface area contributed by atoms with Gasteiger partial charge in [-0.3, -0.25) is 9.59 Å². The number of nitrogens with zero attached hydrogens (tertiary/aromatic N) is 1. The molecule has 18 heavy (non-hydrogen) atoms. The van der Waals surface area contributed by atoms with Crippen LogP contribution >= 0.6 is 0 Å². The van der Waals surface area contributed by atoms with E-state index >= 15 is 0 Å². The molecule has 0 atom stereocenters. The first-order chi connectivity index (χ1) is 8.51. The minimum atomic E-state index is -1.16. The number of nitrogens with one attached hydrogen (secondary N) is 1. The van der Waals surface area contributed by atoms with Gasteiger partial charge in [-0.15, -0.1) is 0 Å². The van der Waals surface area contributed by atoms with Gasteiger partial charge in [-0.05, 0) is 6.92 Å². The molecule has 0 heterocycles. The highest BCUT2D eigenvalue weighted by Crippen LogP contribution is 1.92. The third-order valence-electron chi connectivity index (χ3n) is 1.87. The third kappa shape index (κ3) is 7.44. The summed E-state index contributed by atoms with van der Waals surface area (Å²) in [5, 5.41) is 10.6. The molecule has 0 saturated heterocycles. The number of hydrogen-bond acceptors (Lipinski definition) is 5. The van der Waals surface area contributed by atoms with Gasteiger partial charge in [0.15, 0.2) is 0 Å². The first-order valence-corrected chi connectivity index (χ1v) is 5.40. The third-order valence-corrected chi connectivity index (χ3v) is 1.87. The molecule has 0 aliphatic rings. The van der Waals surface area contributed by atoms with Crippen molar-refractivity contribution < 1.29 is 29.0 Å². The fourth-order valence-electron chi connectivity index (χ4n) is 1.08. The maximum Gasteiger partial charge on any atom is 0.325 e. The predicted octanol–water partition coefficient (Wildman–Crippen LogP) is -0.708. The Labute approximate surface area is 105 Å². The maximum atomic E-state index is 11.6. The van der Waals surface area contributed by atoms with Gasteiger partial charge in [0.1, 0.15) is 13.1 Å². The van der Waals surface area contributed by atoms with Crippen LogP contribution in [0.5, 0.6) is 0 Å². The molecule has 2 amide bonds. The van der Waals surface area contributed by atoms with Gasteiger partial charge >= 0.3 is 18.0 Å². The number of carboxylic acids is 1. The molecule has 2 N–H and O–H groups in total. The number of methoxy groups -OCH3 is 1. The molecule has 104 valence electrons. The molecule has 0 radical (unpaired) electrons. The second kappa shape index (κ2) is 9.23. The van der Waals surface area contributed by atoms with Crippen LogP contribution in [0.25, 0.3) is 0 Å². The number of ether oxygens (including phenoxy) is 2. The fourth-order valence-corrected chi connectivity index (χ4v) is 1.08. The number of urea groups is 1. The smallest absolute Gasteiger partial charge is 0.325 e. The van der Waals surface area contributed by atoms with E-state index in [1.54, 1.807) is 6.92 Å². The quantitative estimate of drug-likeness (QED) is 0.560. The molecule has 0 aromatic carbocycles. The summed E-state index contributed by atoms with van der Waals surface area (Å²) in [6, 6.07) is -0.650. The Bertz CT molecular complexity index is 294. The summed E-state index contributed by atoms with van der Waals surface area (Å²) in [6.07, 6.45) is 0. The molecule has 0 bridgehead atoms. The molecule has 0 rings (SSSR count). The van der Waals surface area contributed by atoms with Crippen molar-refractivity contribution in [2.45, 2.75) is 6.92 Å². The van der Waals surface area contributed by atoms with Gasteiger partial charge in [-0.25, -0.2) is 4.79 Å². The Morgan fingerprint density at radius 3 is 2.50 bits per heavy atom. The van der Waals surface area contributed by atoms with Crippen LogP contribution in [-0.2, 0) is 19.1 Å². The number of carbonyl (C=O) groups excluding carboxylic acids is 2. The van der Waals surface area contributed by atoms with Crippen molar-refractivity contribution in [3.63, 3.8) is 0 Å². The van der Waals surface area contributed by atoms with Crippen LogP contribution in [0, 0.1) is 0 Å². The Morgan fingerprint density at radius 1 is 1.33 bits per heavy atom. The van der Waals surface area contributed by atoms with E-state index in [-0.39, 0.29) is 26.3 Å². The second-order valence-corrected chi connectivity index (χ2v) is 3.27. The lowest BCUT2D eigenvalue weighted by atomic mass is 10.5. The summed E-state index contributed by atoms with van der Waals surface area (Å²) < 4.78 is 9.51. The summed E-state index contributed by atoms with van der Waals surface area (Å²) in [7, 11) is 1.46. The second-order valence-electron chi connectivity index (χ2n) is 3.27. The molecule has 0 aromatic heterocycles. The van der Waals surface area contributed by atoms with Gasteiger partial charge in [0.05, 0.1) is 13.2 Å². The highest BCUT2D eigenvalue weighted by atomic mass is 16.5. The highest BCUT2D eigenvalue weighted by Gasteiger charge is 2.17. The SMILES string of the molecule is CCOC(=O)CN(CCOC)C(=O)NCC(=O)O. The molecule has 0 spiro atoms. The van der Waals surface area contributed by atoms with Crippen LogP contribution in [0.3, 0.4) is 0 Å². The van der Waals surface area contributed by atoms with Gasteiger partial charge in [-0.1, -0.05) is 0 Å². The first kappa shape index (κ1) is 16.2. The van der Waals surface area contributed by atoms with Crippen LogP contribution in [0.4, 0.5) is 4.79 Å². The molecular formula is C10H18N2O6. The minimum Gasteiger partial charge on any atom is -0.480 e. The lowest BCUT2D eigenvalue weighted by Gasteiger charge is -2.21. The van der Waals surface area contributed by atoms with Crippen molar-refractivity contribution in [1.29, 1.82) is 0 Å². The molecule has 0 aliphatic heterocycles. The monoisotopic (exact) mass is 262 g/mol. The zero-order valence-electron chi connectivity index (χ0n) is 10.5. The van der Waals surface area contributed by atoms with Gasteiger partial charge < -0.3 is 24.8 Å². The highest BCUT2D eigenvalue weighted by molar-refractivity contribution is 5.83. The molecule has 0 fully saturated rings. The van der Waals surface area contributed by atoms with E-state index in [2.05, 4.69) is 5.32 Å². The molecule has 0 aliphatic carbocycles. The number of hydrogen-bond donors (Lipinski definition) is 2. The zero-order valence-corrected chi connectivity index (χ0v) is 10.5. The van der Waals surface area contributed by atoms with E-state index < -0.39 is 24.5 Å². The number of carboxylic acid groups (broad SMARTS) is 1. The Balaban J connectivity index is 4.31. The van der Waals surface area contributed by atoms with E-state index in [0.29, 0.717) is 0 Å². The van der Waals surface area contributed by atoms with Gasteiger partial charge in [0, 0.05) is 13.7 Å². The van der Waals surface area contributed by atoms with Crippen LogP contribution in [-0.4, -0.2) is 67.9 Å². The van der Waals surface area contributed by atoms with E-state index in [9.17, 15) is 14.4 Å². The molecule has 8 heteroatoms. The van der Waals surface area contributed by atoms with Crippen molar-refractivity contribution in [1.82, 2.24) is 10.2 Å².